The molecule has 2 aromatic carbocycles. The molecule has 2 heterocycles. The van der Waals surface area contributed by atoms with Crippen molar-refractivity contribution in [3.63, 3.8) is 0 Å². The van der Waals surface area contributed by atoms with Gasteiger partial charge in [-0.05, 0) is 23.8 Å². The molecule has 0 saturated carbocycles. The third-order valence-electron chi connectivity index (χ3n) is 5.83. The third-order valence-corrected chi connectivity index (χ3v) is 5.83. The van der Waals surface area contributed by atoms with E-state index >= 15 is 0 Å². The molecule has 3 aromatic rings. The predicted octanol–water partition coefficient (Wildman–Crippen LogP) is 3.19. The van der Waals surface area contributed by atoms with Crippen LogP contribution >= 0.6 is 0 Å². The quantitative estimate of drug-likeness (QED) is 0.407. The molecule has 0 amide bonds. The number of hydrogen-bond acceptors (Lipinski definition) is 8. The van der Waals surface area contributed by atoms with E-state index in [2.05, 4.69) is 0 Å². The molecule has 4 rings (SSSR count). The normalized spacial score (nSPS) is 22.6. The Kier molecular flexibility index (Phi) is 7.37. The van der Waals surface area contributed by atoms with Crippen LogP contribution in [0.1, 0.15) is 44.2 Å². The Hall–Kier alpha value is -3.76. The topological polar surface area (TPSA) is 113 Å². The molecule has 1 saturated heterocycles. The number of nitrogens with zero attached hydrogens (tertiary/aromatic N) is 1. The molecular formula is C26H26FNO8. The number of hydrogen-bond donors (Lipinski definition) is 1. The molecule has 1 aliphatic heterocycles. The maximum Gasteiger partial charge on any atom is 0.303 e. The average molecular weight is 499 g/mol. The second-order valence-electron chi connectivity index (χ2n) is 8.49. The smallest absolute Gasteiger partial charge is 0.303 e. The lowest BCUT2D eigenvalue weighted by Crippen LogP contribution is -2.55. The maximum absolute atomic E-state index is 14.3. The molecule has 190 valence electrons. The minimum absolute atomic E-state index is 0.169. The summed E-state index contributed by atoms with van der Waals surface area (Å²) in [6.45, 7) is 3.40. The second kappa shape index (κ2) is 10.5. The first kappa shape index (κ1) is 25.3. The number of aliphatic hydroxyl groups excluding tert-OH is 1. The fourth-order valence-corrected chi connectivity index (χ4v) is 4.46. The first-order valence-corrected chi connectivity index (χ1v) is 11.3. The molecular weight excluding hydrogens is 473 g/mol. The molecule has 0 radical (unpaired) electrons. The van der Waals surface area contributed by atoms with Gasteiger partial charge in [-0.15, -0.1) is 0 Å². The lowest BCUT2D eigenvalue weighted by Gasteiger charge is -2.41. The number of carbonyl (C=O) groups is 3. The average Bonchev–Trinajstić information content (AvgIpc) is 3.18. The summed E-state index contributed by atoms with van der Waals surface area (Å²) < 4.78 is 38.1. The van der Waals surface area contributed by atoms with Crippen LogP contribution in [-0.2, 0) is 33.3 Å². The van der Waals surface area contributed by atoms with Gasteiger partial charge in [-0.3, -0.25) is 14.4 Å². The molecule has 10 heteroatoms. The third kappa shape index (κ3) is 5.24. The van der Waals surface area contributed by atoms with E-state index < -0.39 is 54.4 Å². The van der Waals surface area contributed by atoms with Crippen LogP contribution in [0.2, 0.25) is 0 Å². The fourth-order valence-electron chi connectivity index (χ4n) is 4.46. The number of benzene rings is 2. The standard InChI is InChI=1S/C26H26FNO8/c1-14(29)34-22-13-33-26(25(36-16(3)31)24(22)35-15(2)30)28-12-20(19-11-18(27)9-10-21(19)28)23(32)17-7-5-4-6-8-17/h4-12,22-26,32H,13H2,1-3H3/t22-,23?,24+,25-,26-/m1/s1. The van der Waals surface area contributed by atoms with Crippen molar-refractivity contribution in [1.82, 2.24) is 4.57 Å². The van der Waals surface area contributed by atoms with Gasteiger partial charge < -0.3 is 28.6 Å². The van der Waals surface area contributed by atoms with Gasteiger partial charge in [0.2, 0.25) is 0 Å². The summed E-state index contributed by atoms with van der Waals surface area (Å²) in [5, 5.41) is 11.5. The lowest BCUT2D eigenvalue weighted by atomic mass is 10.0. The van der Waals surface area contributed by atoms with Gasteiger partial charge in [-0.25, -0.2) is 4.39 Å². The van der Waals surface area contributed by atoms with Crippen molar-refractivity contribution in [2.75, 3.05) is 6.61 Å². The summed E-state index contributed by atoms with van der Waals surface area (Å²) in [6, 6.07) is 12.9. The highest BCUT2D eigenvalue weighted by Gasteiger charge is 2.48. The van der Waals surface area contributed by atoms with Crippen LogP contribution in [0.5, 0.6) is 0 Å². The molecule has 1 unspecified atom stereocenters. The number of carbonyl (C=O) groups excluding carboxylic acids is 3. The van der Waals surface area contributed by atoms with Crippen molar-refractivity contribution in [1.29, 1.82) is 0 Å². The van der Waals surface area contributed by atoms with Gasteiger partial charge in [0.25, 0.3) is 0 Å². The number of aliphatic hydroxyl groups is 1. The van der Waals surface area contributed by atoms with Crippen LogP contribution in [0, 0.1) is 5.82 Å². The number of rotatable bonds is 6. The maximum atomic E-state index is 14.3. The molecule has 1 fully saturated rings. The zero-order valence-corrected chi connectivity index (χ0v) is 19.9. The molecule has 0 bridgehead atoms. The monoisotopic (exact) mass is 499 g/mol. The predicted molar refractivity (Wildman–Crippen MR) is 124 cm³/mol. The highest BCUT2D eigenvalue weighted by Crippen LogP contribution is 2.37. The molecule has 0 aliphatic carbocycles. The summed E-state index contributed by atoms with van der Waals surface area (Å²) in [6.07, 6.45) is -3.97. The highest BCUT2D eigenvalue weighted by molar-refractivity contribution is 5.85. The van der Waals surface area contributed by atoms with E-state index in [9.17, 15) is 23.9 Å². The second-order valence-corrected chi connectivity index (χ2v) is 8.49. The van der Waals surface area contributed by atoms with E-state index in [0.29, 0.717) is 22.0 Å². The van der Waals surface area contributed by atoms with Crippen LogP contribution in [0.25, 0.3) is 10.9 Å². The molecule has 0 spiro atoms. The summed E-state index contributed by atoms with van der Waals surface area (Å²) in [5.41, 5.74) is 1.47. The number of halogens is 1. The lowest BCUT2D eigenvalue weighted by molar-refractivity contribution is -0.239. The minimum Gasteiger partial charge on any atom is -0.456 e. The van der Waals surface area contributed by atoms with E-state index in [1.54, 1.807) is 35.0 Å². The Bertz CT molecular complexity index is 1270. The van der Waals surface area contributed by atoms with E-state index in [0.717, 1.165) is 0 Å². The molecule has 5 atom stereocenters. The zero-order valence-electron chi connectivity index (χ0n) is 19.9. The van der Waals surface area contributed by atoms with Gasteiger partial charge in [0.15, 0.2) is 24.5 Å². The van der Waals surface area contributed by atoms with Crippen molar-refractivity contribution in [2.45, 2.75) is 51.4 Å². The van der Waals surface area contributed by atoms with Gasteiger partial charge >= 0.3 is 17.9 Å². The zero-order chi connectivity index (χ0) is 26.0. The van der Waals surface area contributed by atoms with E-state index in [1.165, 1.54) is 39.0 Å². The Balaban J connectivity index is 1.83. The Labute approximate surface area is 206 Å². The Morgan fingerprint density at radius 2 is 1.61 bits per heavy atom. The van der Waals surface area contributed by atoms with Crippen molar-refractivity contribution in [3.05, 3.63) is 71.7 Å². The first-order chi connectivity index (χ1) is 17.2. The van der Waals surface area contributed by atoms with E-state index in [1.807, 2.05) is 6.07 Å². The van der Waals surface area contributed by atoms with Crippen LogP contribution in [0.4, 0.5) is 4.39 Å². The van der Waals surface area contributed by atoms with Crippen molar-refractivity contribution in [3.8, 4) is 0 Å². The highest BCUT2D eigenvalue weighted by atomic mass is 19.1. The number of aromatic nitrogens is 1. The van der Waals surface area contributed by atoms with Crippen LogP contribution in [0.15, 0.2) is 54.7 Å². The molecule has 9 nitrogen and oxygen atoms in total. The largest absolute Gasteiger partial charge is 0.456 e. The Morgan fingerprint density at radius 3 is 2.25 bits per heavy atom. The van der Waals surface area contributed by atoms with Crippen molar-refractivity contribution in [2.24, 2.45) is 0 Å². The van der Waals surface area contributed by atoms with Gasteiger partial charge in [0, 0.05) is 37.9 Å². The molecule has 1 aromatic heterocycles. The molecule has 1 aliphatic rings. The fraction of sp³-hybridized carbons (Fsp3) is 0.346. The number of ether oxygens (including phenoxy) is 4. The van der Waals surface area contributed by atoms with Crippen LogP contribution < -0.4 is 0 Å². The van der Waals surface area contributed by atoms with Crippen molar-refractivity contribution >= 4 is 28.8 Å². The number of fused-ring (bicyclic) bond motifs is 1. The molecule has 36 heavy (non-hydrogen) atoms. The van der Waals surface area contributed by atoms with E-state index in [-0.39, 0.29) is 6.61 Å². The SMILES string of the molecule is CC(=O)O[C@@H]1[C@@H](OC(C)=O)[C@H](OC(C)=O)CO[C@H]1n1cc(C(O)c2ccccc2)c2cc(F)ccc21. The van der Waals surface area contributed by atoms with Crippen molar-refractivity contribution < 1.29 is 42.8 Å². The van der Waals surface area contributed by atoms with Gasteiger partial charge in [-0.2, -0.15) is 0 Å². The summed E-state index contributed by atoms with van der Waals surface area (Å²) >= 11 is 0. The van der Waals surface area contributed by atoms with Gasteiger partial charge in [0.1, 0.15) is 11.9 Å². The summed E-state index contributed by atoms with van der Waals surface area (Å²) in [7, 11) is 0. The minimum atomic E-state index is -1.22. The molecule has 1 N–H and O–H groups in total. The van der Waals surface area contributed by atoms with Gasteiger partial charge in [-0.1, -0.05) is 30.3 Å². The Morgan fingerprint density at radius 1 is 0.972 bits per heavy atom. The summed E-state index contributed by atoms with van der Waals surface area (Å²) in [4.78, 5) is 35.6. The van der Waals surface area contributed by atoms with Crippen LogP contribution in [0.3, 0.4) is 0 Å². The van der Waals surface area contributed by atoms with Gasteiger partial charge in [0.05, 0.1) is 12.1 Å². The number of esters is 3. The summed E-state index contributed by atoms with van der Waals surface area (Å²) in [5.74, 6) is -2.48. The first-order valence-electron chi connectivity index (χ1n) is 11.3. The van der Waals surface area contributed by atoms with Crippen LogP contribution in [-0.4, -0.2) is 52.5 Å². The van der Waals surface area contributed by atoms with E-state index in [4.69, 9.17) is 18.9 Å².